The summed E-state index contributed by atoms with van der Waals surface area (Å²) in [5, 5.41) is 12.6. The summed E-state index contributed by atoms with van der Waals surface area (Å²) in [4.78, 5) is 12.8. The van der Waals surface area contributed by atoms with Gasteiger partial charge in [-0.15, -0.1) is 0 Å². The highest BCUT2D eigenvalue weighted by atomic mass is 16.9. The molecule has 1 aromatic rings. The first kappa shape index (κ1) is 17.7. The highest BCUT2D eigenvalue weighted by molar-refractivity contribution is 5.96. The van der Waals surface area contributed by atoms with Crippen molar-refractivity contribution in [1.29, 1.82) is 0 Å². The molecule has 3 aliphatic rings. The number of fused-ring (bicyclic) bond motifs is 3. The van der Waals surface area contributed by atoms with E-state index in [0.29, 0.717) is 5.69 Å². The van der Waals surface area contributed by atoms with Gasteiger partial charge in [0.15, 0.2) is 24.0 Å². The van der Waals surface area contributed by atoms with Crippen LogP contribution < -0.4 is 5.32 Å². The molecule has 0 radical (unpaired) electrons. The number of amides is 1. The number of para-hydroxylation sites is 2. The number of phenolic OH excluding ortho intramolecular Hbond substituents is 1. The summed E-state index contributed by atoms with van der Waals surface area (Å²) in [6.07, 6.45) is -3.38. The predicted molar refractivity (Wildman–Crippen MR) is 89.3 cm³/mol. The lowest BCUT2D eigenvalue weighted by atomic mass is 9.98. The van der Waals surface area contributed by atoms with Crippen LogP contribution in [0.15, 0.2) is 24.3 Å². The van der Waals surface area contributed by atoms with Crippen LogP contribution >= 0.6 is 0 Å². The lowest BCUT2D eigenvalue weighted by molar-refractivity contribution is -0.229. The summed E-state index contributed by atoms with van der Waals surface area (Å²) in [7, 11) is 0. The van der Waals surface area contributed by atoms with Gasteiger partial charge in [-0.25, -0.2) is 0 Å². The van der Waals surface area contributed by atoms with Gasteiger partial charge in [0, 0.05) is 0 Å². The van der Waals surface area contributed by atoms with Crippen LogP contribution in [0.5, 0.6) is 5.75 Å². The van der Waals surface area contributed by atoms with Crippen molar-refractivity contribution in [3.05, 3.63) is 24.3 Å². The standard InChI is InChI=1S/C18H23NO7/c1-17(2)23-11-12(24-17)14-16(26-18(3,4)25-14)22-13(11)15(21)19-9-7-5-6-8-10(9)20/h5-8,11-14,16,20H,1-4H3,(H,19,21). The molecule has 0 bridgehead atoms. The minimum Gasteiger partial charge on any atom is -0.506 e. The second kappa shape index (κ2) is 5.90. The van der Waals surface area contributed by atoms with Crippen molar-refractivity contribution >= 4 is 11.6 Å². The van der Waals surface area contributed by atoms with Crippen LogP contribution in [0, 0.1) is 0 Å². The highest BCUT2D eigenvalue weighted by Gasteiger charge is 2.62. The predicted octanol–water partition coefficient (Wildman–Crippen LogP) is 1.73. The Hall–Kier alpha value is -1.71. The number of ether oxygens (including phenoxy) is 5. The van der Waals surface area contributed by atoms with Crippen LogP contribution in [0.4, 0.5) is 5.69 Å². The smallest absolute Gasteiger partial charge is 0.256 e. The SMILES string of the molecule is CC1(C)OC2OC(C(=O)Nc3ccccc3O)C3OC(C)(C)OC3C2O1. The molecule has 3 aliphatic heterocycles. The summed E-state index contributed by atoms with van der Waals surface area (Å²) in [5.41, 5.74) is 0.293. The quantitative estimate of drug-likeness (QED) is 0.771. The fraction of sp³-hybridized carbons (Fsp3) is 0.611. The lowest BCUT2D eigenvalue weighted by Crippen LogP contribution is -2.58. The molecule has 1 aromatic carbocycles. The average Bonchev–Trinajstić information content (AvgIpc) is 3.02. The lowest BCUT2D eigenvalue weighted by Gasteiger charge is -2.36. The maximum absolute atomic E-state index is 12.8. The largest absolute Gasteiger partial charge is 0.506 e. The molecule has 0 saturated carbocycles. The number of nitrogens with one attached hydrogen (secondary N) is 1. The third-order valence-electron chi connectivity index (χ3n) is 4.57. The molecule has 3 saturated heterocycles. The molecule has 0 aromatic heterocycles. The summed E-state index contributed by atoms with van der Waals surface area (Å²) in [6, 6.07) is 6.48. The van der Waals surface area contributed by atoms with Crippen LogP contribution in [0.3, 0.4) is 0 Å². The van der Waals surface area contributed by atoms with Gasteiger partial charge in [0.2, 0.25) is 0 Å². The van der Waals surface area contributed by atoms with Gasteiger partial charge in [-0.1, -0.05) is 12.1 Å². The van der Waals surface area contributed by atoms with Gasteiger partial charge in [-0.05, 0) is 39.8 Å². The van der Waals surface area contributed by atoms with Crippen molar-refractivity contribution in [3.63, 3.8) is 0 Å². The number of hydrogen-bond acceptors (Lipinski definition) is 7. The van der Waals surface area contributed by atoms with Crippen molar-refractivity contribution in [1.82, 2.24) is 0 Å². The van der Waals surface area contributed by atoms with Crippen LogP contribution in [0.2, 0.25) is 0 Å². The minimum atomic E-state index is -0.972. The third kappa shape index (κ3) is 3.08. The van der Waals surface area contributed by atoms with Crippen molar-refractivity contribution in [2.75, 3.05) is 5.32 Å². The Bertz CT molecular complexity index is 719. The molecule has 8 heteroatoms. The molecule has 8 nitrogen and oxygen atoms in total. The Morgan fingerprint density at radius 2 is 1.58 bits per heavy atom. The van der Waals surface area contributed by atoms with E-state index in [0.717, 1.165) is 0 Å². The van der Waals surface area contributed by atoms with Crippen molar-refractivity contribution in [2.45, 2.75) is 70.0 Å². The van der Waals surface area contributed by atoms with Gasteiger partial charge in [0.05, 0.1) is 5.69 Å². The molecular weight excluding hydrogens is 342 g/mol. The average molecular weight is 365 g/mol. The van der Waals surface area contributed by atoms with E-state index in [9.17, 15) is 9.90 Å². The van der Waals surface area contributed by atoms with E-state index in [2.05, 4.69) is 5.32 Å². The van der Waals surface area contributed by atoms with E-state index in [1.165, 1.54) is 6.07 Å². The van der Waals surface area contributed by atoms with E-state index in [1.54, 1.807) is 45.9 Å². The van der Waals surface area contributed by atoms with E-state index in [4.69, 9.17) is 23.7 Å². The number of aromatic hydroxyl groups is 1. The Labute approximate surface area is 151 Å². The van der Waals surface area contributed by atoms with Crippen LogP contribution in [0.25, 0.3) is 0 Å². The minimum absolute atomic E-state index is 0.0309. The van der Waals surface area contributed by atoms with E-state index < -0.39 is 48.2 Å². The molecule has 3 heterocycles. The fourth-order valence-electron chi connectivity index (χ4n) is 3.61. The van der Waals surface area contributed by atoms with Crippen LogP contribution in [-0.4, -0.2) is 53.3 Å². The molecule has 0 aliphatic carbocycles. The maximum Gasteiger partial charge on any atom is 0.256 e. The number of carbonyl (C=O) groups is 1. The topological polar surface area (TPSA) is 95.5 Å². The summed E-state index contributed by atoms with van der Waals surface area (Å²) < 4.78 is 29.5. The first-order valence-corrected chi connectivity index (χ1v) is 8.61. The number of rotatable bonds is 2. The fourth-order valence-corrected chi connectivity index (χ4v) is 3.61. The van der Waals surface area contributed by atoms with E-state index in [1.807, 2.05) is 0 Å². The van der Waals surface area contributed by atoms with Gasteiger partial charge >= 0.3 is 0 Å². The number of anilines is 1. The van der Waals surface area contributed by atoms with E-state index in [-0.39, 0.29) is 5.75 Å². The number of hydrogen-bond donors (Lipinski definition) is 2. The molecule has 3 fully saturated rings. The van der Waals surface area contributed by atoms with Crippen molar-refractivity contribution < 1.29 is 33.6 Å². The molecule has 5 unspecified atom stereocenters. The number of phenols is 1. The molecule has 2 N–H and O–H groups in total. The Balaban J connectivity index is 1.59. The van der Waals surface area contributed by atoms with Crippen molar-refractivity contribution in [3.8, 4) is 5.75 Å². The molecule has 142 valence electrons. The molecule has 0 spiro atoms. The van der Waals surface area contributed by atoms with Gasteiger partial charge in [-0.2, -0.15) is 0 Å². The molecule has 1 amide bonds. The zero-order valence-corrected chi connectivity index (χ0v) is 15.1. The summed E-state index contributed by atoms with van der Waals surface area (Å²) >= 11 is 0. The Kier molecular flexibility index (Phi) is 4.01. The van der Waals surface area contributed by atoms with Gasteiger partial charge in [0.1, 0.15) is 24.1 Å². The van der Waals surface area contributed by atoms with Gasteiger partial charge in [0.25, 0.3) is 5.91 Å². The second-order valence-corrected chi connectivity index (χ2v) is 7.60. The number of carbonyl (C=O) groups excluding carboxylic acids is 1. The maximum atomic E-state index is 12.8. The van der Waals surface area contributed by atoms with Crippen LogP contribution in [0.1, 0.15) is 27.7 Å². The normalized spacial score (nSPS) is 37.0. The molecule has 26 heavy (non-hydrogen) atoms. The summed E-state index contributed by atoms with van der Waals surface area (Å²) in [5.74, 6) is -2.21. The third-order valence-corrected chi connectivity index (χ3v) is 4.57. The first-order chi connectivity index (χ1) is 12.2. The van der Waals surface area contributed by atoms with Crippen LogP contribution in [-0.2, 0) is 28.5 Å². The summed E-state index contributed by atoms with van der Waals surface area (Å²) in [6.45, 7) is 7.11. The zero-order chi connectivity index (χ0) is 18.7. The molecule has 5 atom stereocenters. The Morgan fingerprint density at radius 3 is 2.31 bits per heavy atom. The first-order valence-electron chi connectivity index (χ1n) is 8.61. The monoisotopic (exact) mass is 365 g/mol. The van der Waals surface area contributed by atoms with Crippen molar-refractivity contribution in [2.24, 2.45) is 0 Å². The van der Waals surface area contributed by atoms with E-state index >= 15 is 0 Å². The van der Waals surface area contributed by atoms with Gasteiger partial charge < -0.3 is 34.1 Å². The molecule has 4 rings (SSSR count). The highest BCUT2D eigenvalue weighted by Crippen LogP contribution is 2.44. The van der Waals surface area contributed by atoms with Gasteiger partial charge in [-0.3, -0.25) is 4.79 Å². The second-order valence-electron chi connectivity index (χ2n) is 7.60. The number of benzene rings is 1. The zero-order valence-electron chi connectivity index (χ0n) is 15.1. The Morgan fingerprint density at radius 1 is 0.962 bits per heavy atom. The molecular formula is C18H23NO7.